The molecule has 176 valence electrons. The maximum absolute atomic E-state index is 11.4. The maximum atomic E-state index is 11.4. The van der Waals surface area contributed by atoms with Crippen LogP contribution in [-0.2, 0) is 0 Å². The Hall–Kier alpha value is -0.930. The summed E-state index contributed by atoms with van der Waals surface area (Å²) >= 11 is 0. The minimum Gasteiger partial charge on any atom is -0.233 e. The predicted molar refractivity (Wildman–Crippen MR) is 127 cm³/mol. The maximum Gasteiger partial charge on any atom is 0.190 e. The molecule has 0 saturated heterocycles. The van der Waals surface area contributed by atoms with E-state index >= 15 is 0 Å². The summed E-state index contributed by atoms with van der Waals surface area (Å²) in [5.41, 5.74) is 1.61. The molecule has 0 bridgehead atoms. The lowest BCUT2D eigenvalue weighted by Crippen LogP contribution is -2.56. The van der Waals surface area contributed by atoms with Crippen molar-refractivity contribution in [3.05, 3.63) is 10.1 Å². The van der Waals surface area contributed by atoms with Crippen LogP contribution in [0.25, 0.3) is 0 Å². The molecule has 8 atom stereocenters. The largest absolute Gasteiger partial charge is 0.233 e. The lowest BCUT2D eigenvalue weighted by Gasteiger charge is -2.60. The molecule has 0 radical (unpaired) electrons. The fraction of sp³-hybridized carbons (Fsp3) is 0.963. The topological polar surface area (TPSA) is 55.5 Å². The van der Waals surface area contributed by atoms with E-state index in [1.807, 2.05) is 0 Å². The number of rotatable bonds is 6. The van der Waals surface area contributed by atoms with Gasteiger partial charge >= 0.3 is 0 Å². The third kappa shape index (κ3) is 4.10. The summed E-state index contributed by atoms with van der Waals surface area (Å²) in [5, 5.41) is 15.0. The minimum atomic E-state index is -0.402. The van der Waals surface area contributed by atoms with Gasteiger partial charge in [0.15, 0.2) is 5.03 Å². The van der Waals surface area contributed by atoms with Gasteiger partial charge in [0.2, 0.25) is 0 Å². The van der Waals surface area contributed by atoms with E-state index in [1.165, 1.54) is 64.2 Å². The number of hydrazone groups is 1. The Bertz CT molecular complexity index is 703. The van der Waals surface area contributed by atoms with Gasteiger partial charge in [-0.15, -0.1) is 0 Å². The van der Waals surface area contributed by atoms with Gasteiger partial charge in [0, 0.05) is 5.92 Å². The van der Waals surface area contributed by atoms with Crippen molar-refractivity contribution in [3.63, 3.8) is 0 Å². The SMILES string of the molecule is CC(C)CCCC(C)[C@H]1CC[C@H]2[C@@H]3C/C(=N\[N+](=O)[O-])[C@H]4CCCC[C@]4(C)[C@H]3CC[C@]12C. The second-order valence-electron chi connectivity index (χ2n) is 12.7. The molecule has 0 aliphatic heterocycles. The van der Waals surface area contributed by atoms with E-state index in [4.69, 9.17) is 0 Å². The predicted octanol–water partition coefficient (Wildman–Crippen LogP) is 7.74. The number of hydrogen-bond acceptors (Lipinski definition) is 2. The molecule has 0 aromatic carbocycles. The highest BCUT2D eigenvalue weighted by atomic mass is 16.7. The van der Waals surface area contributed by atoms with Crippen molar-refractivity contribution >= 4 is 5.71 Å². The van der Waals surface area contributed by atoms with Gasteiger partial charge in [0.25, 0.3) is 0 Å². The zero-order valence-corrected chi connectivity index (χ0v) is 20.7. The summed E-state index contributed by atoms with van der Waals surface area (Å²) in [6.07, 6.45) is 15.3. The summed E-state index contributed by atoms with van der Waals surface area (Å²) in [6.45, 7) is 12.3. The molecule has 0 aromatic rings. The van der Waals surface area contributed by atoms with Crippen LogP contribution < -0.4 is 0 Å². The quantitative estimate of drug-likeness (QED) is 0.319. The van der Waals surface area contributed by atoms with Gasteiger partial charge in [0.1, 0.15) is 0 Å². The van der Waals surface area contributed by atoms with E-state index in [2.05, 4.69) is 39.7 Å². The summed E-state index contributed by atoms with van der Waals surface area (Å²) < 4.78 is 0. The van der Waals surface area contributed by atoms with E-state index < -0.39 is 5.03 Å². The average molecular weight is 431 g/mol. The lowest BCUT2D eigenvalue weighted by molar-refractivity contribution is -0.485. The molecule has 31 heavy (non-hydrogen) atoms. The van der Waals surface area contributed by atoms with Crippen LogP contribution in [0.4, 0.5) is 0 Å². The van der Waals surface area contributed by atoms with E-state index in [9.17, 15) is 10.1 Å². The molecule has 4 aliphatic rings. The first-order valence-electron chi connectivity index (χ1n) is 13.4. The van der Waals surface area contributed by atoms with Crippen molar-refractivity contribution in [1.82, 2.24) is 0 Å². The molecule has 4 fully saturated rings. The molecule has 4 aliphatic carbocycles. The molecule has 0 spiro atoms. The third-order valence-electron chi connectivity index (χ3n) is 10.8. The van der Waals surface area contributed by atoms with Gasteiger partial charge in [-0.1, -0.05) is 66.7 Å². The third-order valence-corrected chi connectivity index (χ3v) is 10.8. The molecule has 0 amide bonds. The second kappa shape index (κ2) is 8.78. The zero-order chi connectivity index (χ0) is 22.4. The fourth-order valence-electron chi connectivity index (χ4n) is 9.36. The highest BCUT2D eigenvalue weighted by molar-refractivity contribution is 5.88. The molecule has 0 aromatic heterocycles. The normalized spacial score (nSPS) is 44.6. The Balaban J connectivity index is 1.57. The molecule has 4 rings (SSSR count). The minimum absolute atomic E-state index is 0.234. The van der Waals surface area contributed by atoms with Crippen molar-refractivity contribution < 1.29 is 5.03 Å². The first-order valence-corrected chi connectivity index (χ1v) is 13.4. The van der Waals surface area contributed by atoms with E-state index in [-0.39, 0.29) is 5.41 Å². The van der Waals surface area contributed by atoms with Gasteiger partial charge in [-0.3, -0.25) is 0 Å². The van der Waals surface area contributed by atoms with Crippen LogP contribution in [0.2, 0.25) is 0 Å². The molecule has 0 heterocycles. The molecule has 4 saturated carbocycles. The van der Waals surface area contributed by atoms with E-state index in [0.29, 0.717) is 17.3 Å². The summed E-state index contributed by atoms with van der Waals surface area (Å²) in [6, 6.07) is 0. The first-order chi connectivity index (χ1) is 14.7. The number of hydrogen-bond donors (Lipinski definition) is 0. The lowest BCUT2D eigenvalue weighted by atomic mass is 9.44. The van der Waals surface area contributed by atoms with Crippen LogP contribution in [0, 0.1) is 62.4 Å². The van der Waals surface area contributed by atoms with Gasteiger partial charge in [-0.2, -0.15) is 0 Å². The van der Waals surface area contributed by atoms with Gasteiger partial charge in [0.05, 0.1) is 10.8 Å². The van der Waals surface area contributed by atoms with E-state index in [1.54, 1.807) is 0 Å². The molecule has 4 nitrogen and oxygen atoms in total. The number of nitrogens with zero attached hydrogens (tertiary/aromatic N) is 2. The van der Waals surface area contributed by atoms with Crippen molar-refractivity contribution in [3.8, 4) is 0 Å². The Morgan fingerprint density at radius 2 is 1.74 bits per heavy atom. The Morgan fingerprint density at radius 3 is 2.45 bits per heavy atom. The first kappa shape index (κ1) is 23.2. The highest BCUT2D eigenvalue weighted by Gasteiger charge is 2.61. The standard InChI is InChI=1S/C27H46N2O2/c1-18(2)9-8-10-19(3)21-12-13-22-20-17-25(28-29(30)31)24-11-6-7-15-26(24,4)23(20)14-16-27(21,22)5/h18-24H,6-17H2,1-5H3/b28-25+/t19?,20-,21+,22-,23-,24+,26+,27+/m0/s1. The van der Waals surface area contributed by atoms with Crippen LogP contribution in [0.15, 0.2) is 5.10 Å². The van der Waals surface area contributed by atoms with Gasteiger partial charge in [-0.05, 0) is 91.3 Å². The van der Waals surface area contributed by atoms with Crippen molar-refractivity contribution in [2.45, 2.75) is 112 Å². The smallest absolute Gasteiger partial charge is 0.190 e. The molecule has 0 N–H and O–H groups in total. The summed E-state index contributed by atoms with van der Waals surface area (Å²) in [7, 11) is 0. The average Bonchev–Trinajstić information content (AvgIpc) is 3.04. The number of fused-ring (bicyclic) bond motifs is 5. The monoisotopic (exact) mass is 430 g/mol. The van der Waals surface area contributed by atoms with Gasteiger partial charge < -0.3 is 0 Å². The van der Waals surface area contributed by atoms with Crippen molar-refractivity contribution in [2.24, 2.45) is 57.4 Å². The van der Waals surface area contributed by atoms with E-state index in [0.717, 1.165) is 48.1 Å². The fourth-order valence-corrected chi connectivity index (χ4v) is 9.36. The zero-order valence-electron chi connectivity index (χ0n) is 20.7. The Kier molecular flexibility index (Phi) is 6.58. The molecule has 4 heteroatoms. The second-order valence-corrected chi connectivity index (χ2v) is 12.7. The molecular weight excluding hydrogens is 384 g/mol. The molecule has 1 unspecified atom stereocenters. The van der Waals surface area contributed by atoms with Crippen molar-refractivity contribution in [1.29, 1.82) is 0 Å². The number of nitro groups is 1. The van der Waals surface area contributed by atoms with Crippen LogP contribution in [0.3, 0.4) is 0 Å². The van der Waals surface area contributed by atoms with Crippen LogP contribution in [0.1, 0.15) is 112 Å². The van der Waals surface area contributed by atoms with Crippen LogP contribution in [0.5, 0.6) is 0 Å². The van der Waals surface area contributed by atoms with Crippen LogP contribution >= 0.6 is 0 Å². The summed E-state index contributed by atoms with van der Waals surface area (Å²) in [4.78, 5) is 11.4. The highest BCUT2D eigenvalue weighted by Crippen LogP contribution is 2.68. The van der Waals surface area contributed by atoms with Crippen molar-refractivity contribution in [2.75, 3.05) is 0 Å². The Morgan fingerprint density at radius 1 is 1.00 bits per heavy atom. The van der Waals surface area contributed by atoms with Crippen LogP contribution in [-0.4, -0.2) is 10.7 Å². The van der Waals surface area contributed by atoms with Gasteiger partial charge in [-0.25, -0.2) is 10.1 Å². The Labute approximate surface area is 190 Å². The summed E-state index contributed by atoms with van der Waals surface area (Å²) in [5.74, 6) is 4.89. The molecular formula is C27H46N2O2.